The number of ether oxygens (including phenoxy) is 1. The number of benzene rings is 1. The standard InChI is InChI=1S/C16H24N2O/c1-12(13-3-5-15(19-2)6-4-13)17-16-11-18-9-7-14(16)8-10-18/h3-6,12,14,16-17H,7-11H2,1-2H3/t12-,16?/m0/s1. The summed E-state index contributed by atoms with van der Waals surface area (Å²) < 4.78 is 5.21. The molecule has 3 nitrogen and oxygen atoms in total. The Kier molecular flexibility index (Phi) is 3.76. The van der Waals surface area contributed by atoms with Gasteiger partial charge in [-0.25, -0.2) is 0 Å². The average Bonchev–Trinajstić information content (AvgIpc) is 2.48. The highest BCUT2D eigenvalue weighted by Crippen LogP contribution is 2.29. The number of methoxy groups -OCH3 is 1. The van der Waals surface area contributed by atoms with Crippen molar-refractivity contribution in [1.29, 1.82) is 0 Å². The number of nitrogens with one attached hydrogen (secondary N) is 1. The van der Waals surface area contributed by atoms with Crippen LogP contribution in [-0.4, -0.2) is 37.7 Å². The smallest absolute Gasteiger partial charge is 0.118 e. The third kappa shape index (κ3) is 2.77. The van der Waals surface area contributed by atoms with Crippen LogP contribution >= 0.6 is 0 Å². The van der Waals surface area contributed by atoms with E-state index in [1.54, 1.807) is 7.11 Å². The van der Waals surface area contributed by atoms with Gasteiger partial charge < -0.3 is 15.0 Å². The van der Waals surface area contributed by atoms with Crippen molar-refractivity contribution in [2.24, 2.45) is 5.92 Å². The van der Waals surface area contributed by atoms with E-state index in [9.17, 15) is 0 Å². The van der Waals surface area contributed by atoms with Crippen LogP contribution in [0.15, 0.2) is 24.3 Å². The molecule has 0 spiro atoms. The Balaban J connectivity index is 1.62. The van der Waals surface area contributed by atoms with Crippen LogP contribution in [0.5, 0.6) is 5.75 Å². The van der Waals surface area contributed by atoms with Crippen molar-refractivity contribution in [2.45, 2.75) is 31.8 Å². The predicted octanol–water partition coefficient (Wildman–Crippen LogP) is 2.44. The van der Waals surface area contributed by atoms with Crippen LogP contribution in [0, 0.1) is 5.92 Å². The lowest BCUT2D eigenvalue weighted by atomic mass is 9.83. The van der Waals surface area contributed by atoms with Crippen LogP contribution in [0.25, 0.3) is 0 Å². The first-order chi connectivity index (χ1) is 9.26. The zero-order valence-corrected chi connectivity index (χ0v) is 11.9. The monoisotopic (exact) mass is 260 g/mol. The summed E-state index contributed by atoms with van der Waals surface area (Å²) in [7, 11) is 1.71. The van der Waals surface area contributed by atoms with Gasteiger partial charge in [0.15, 0.2) is 0 Å². The van der Waals surface area contributed by atoms with E-state index in [1.807, 2.05) is 12.1 Å². The molecule has 3 saturated heterocycles. The van der Waals surface area contributed by atoms with Crippen LogP contribution in [0.2, 0.25) is 0 Å². The fourth-order valence-corrected chi connectivity index (χ4v) is 3.46. The van der Waals surface area contributed by atoms with Gasteiger partial charge in [-0.15, -0.1) is 0 Å². The van der Waals surface area contributed by atoms with E-state index < -0.39 is 0 Å². The molecule has 4 rings (SSSR count). The molecule has 2 bridgehead atoms. The Morgan fingerprint density at radius 2 is 1.89 bits per heavy atom. The molecule has 3 fully saturated rings. The molecule has 0 aliphatic carbocycles. The summed E-state index contributed by atoms with van der Waals surface area (Å²) in [4.78, 5) is 2.60. The molecule has 2 atom stereocenters. The van der Waals surface area contributed by atoms with Crippen LogP contribution in [0.4, 0.5) is 0 Å². The summed E-state index contributed by atoms with van der Waals surface area (Å²) >= 11 is 0. The van der Waals surface area contributed by atoms with E-state index in [0.717, 1.165) is 11.7 Å². The second-order valence-corrected chi connectivity index (χ2v) is 5.91. The number of rotatable bonds is 4. The summed E-state index contributed by atoms with van der Waals surface area (Å²) in [5.41, 5.74) is 1.34. The first-order valence-corrected chi connectivity index (χ1v) is 7.38. The normalized spacial score (nSPS) is 31.2. The van der Waals surface area contributed by atoms with Crippen molar-refractivity contribution in [3.8, 4) is 5.75 Å². The van der Waals surface area contributed by atoms with Gasteiger partial charge in [-0.05, 0) is 56.5 Å². The van der Waals surface area contributed by atoms with Gasteiger partial charge in [0.25, 0.3) is 0 Å². The number of hydrogen-bond donors (Lipinski definition) is 1. The number of fused-ring (bicyclic) bond motifs is 3. The number of hydrogen-bond acceptors (Lipinski definition) is 3. The van der Waals surface area contributed by atoms with Crippen molar-refractivity contribution in [3.05, 3.63) is 29.8 Å². The Bertz CT molecular complexity index is 409. The van der Waals surface area contributed by atoms with Crippen LogP contribution in [0.3, 0.4) is 0 Å². The SMILES string of the molecule is COc1ccc([C@H](C)NC2CN3CCC2CC3)cc1. The lowest BCUT2D eigenvalue weighted by Crippen LogP contribution is -2.56. The maximum absolute atomic E-state index is 5.21. The molecule has 1 aromatic carbocycles. The molecular formula is C16H24N2O. The van der Waals surface area contributed by atoms with E-state index in [4.69, 9.17) is 4.74 Å². The Hall–Kier alpha value is -1.06. The zero-order chi connectivity index (χ0) is 13.2. The second kappa shape index (κ2) is 5.51. The van der Waals surface area contributed by atoms with Crippen LogP contribution in [-0.2, 0) is 0 Å². The minimum atomic E-state index is 0.413. The second-order valence-electron chi connectivity index (χ2n) is 5.91. The van der Waals surface area contributed by atoms with Gasteiger partial charge >= 0.3 is 0 Å². The van der Waals surface area contributed by atoms with Gasteiger partial charge in [0, 0.05) is 18.6 Å². The molecule has 104 valence electrons. The molecule has 3 aliphatic rings. The summed E-state index contributed by atoms with van der Waals surface area (Å²) in [6.45, 7) is 6.10. The minimum absolute atomic E-state index is 0.413. The molecule has 3 heteroatoms. The summed E-state index contributed by atoms with van der Waals surface area (Å²) in [6.07, 6.45) is 2.74. The molecular weight excluding hydrogens is 236 g/mol. The molecule has 0 radical (unpaired) electrons. The van der Waals surface area contributed by atoms with Crippen molar-refractivity contribution in [1.82, 2.24) is 10.2 Å². The van der Waals surface area contributed by atoms with Crippen molar-refractivity contribution in [2.75, 3.05) is 26.7 Å². The molecule has 1 aromatic rings. The molecule has 3 aliphatic heterocycles. The maximum atomic E-state index is 5.21. The summed E-state index contributed by atoms with van der Waals surface area (Å²) in [6, 6.07) is 9.50. The molecule has 0 aromatic heterocycles. The molecule has 19 heavy (non-hydrogen) atoms. The molecule has 1 N–H and O–H groups in total. The zero-order valence-electron chi connectivity index (χ0n) is 11.9. The molecule has 1 unspecified atom stereocenters. The van der Waals surface area contributed by atoms with Crippen LogP contribution in [0.1, 0.15) is 31.4 Å². The van der Waals surface area contributed by atoms with E-state index in [0.29, 0.717) is 12.1 Å². The number of piperidine rings is 3. The molecule has 0 saturated carbocycles. The highest BCUT2D eigenvalue weighted by molar-refractivity contribution is 5.28. The lowest BCUT2D eigenvalue weighted by Gasteiger charge is -2.46. The minimum Gasteiger partial charge on any atom is -0.497 e. The van der Waals surface area contributed by atoms with E-state index in [2.05, 4.69) is 29.3 Å². The van der Waals surface area contributed by atoms with Gasteiger partial charge in [-0.2, -0.15) is 0 Å². The lowest BCUT2D eigenvalue weighted by molar-refractivity contribution is 0.0680. The van der Waals surface area contributed by atoms with Gasteiger partial charge in [-0.1, -0.05) is 12.1 Å². The largest absolute Gasteiger partial charge is 0.497 e. The van der Waals surface area contributed by atoms with Gasteiger partial charge in [0.2, 0.25) is 0 Å². The van der Waals surface area contributed by atoms with Gasteiger partial charge in [0.1, 0.15) is 5.75 Å². The Morgan fingerprint density at radius 3 is 2.42 bits per heavy atom. The number of nitrogens with zero attached hydrogens (tertiary/aromatic N) is 1. The Labute approximate surface area is 115 Å². The first kappa shape index (κ1) is 12.9. The summed E-state index contributed by atoms with van der Waals surface area (Å²) in [5.74, 6) is 1.81. The van der Waals surface area contributed by atoms with Crippen molar-refractivity contribution < 1.29 is 4.74 Å². The van der Waals surface area contributed by atoms with Crippen molar-refractivity contribution >= 4 is 0 Å². The van der Waals surface area contributed by atoms with Crippen LogP contribution < -0.4 is 10.1 Å². The van der Waals surface area contributed by atoms with E-state index in [1.165, 1.54) is 38.0 Å². The molecule has 0 amide bonds. The fourth-order valence-electron chi connectivity index (χ4n) is 3.46. The molecule has 3 heterocycles. The predicted molar refractivity (Wildman–Crippen MR) is 77.5 cm³/mol. The van der Waals surface area contributed by atoms with Gasteiger partial charge in [-0.3, -0.25) is 0 Å². The highest BCUT2D eigenvalue weighted by atomic mass is 16.5. The summed E-state index contributed by atoms with van der Waals surface area (Å²) in [5, 5.41) is 3.82. The average molecular weight is 260 g/mol. The first-order valence-electron chi connectivity index (χ1n) is 7.38. The van der Waals surface area contributed by atoms with Gasteiger partial charge in [0.05, 0.1) is 7.11 Å². The highest BCUT2D eigenvalue weighted by Gasteiger charge is 2.34. The third-order valence-corrected chi connectivity index (χ3v) is 4.74. The van der Waals surface area contributed by atoms with E-state index >= 15 is 0 Å². The maximum Gasteiger partial charge on any atom is 0.118 e. The quantitative estimate of drug-likeness (QED) is 0.900. The topological polar surface area (TPSA) is 24.5 Å². The Morgan fingerprint density at radius 1 is 1.21 bits per heavy atom. The third-order valence-electron chi connectivity index (χ3n) is 4.74. The van der Waals surface area contributed by atoms with E-state index in [-0.39, 0.29) is 0 Å². The van der Waals surface area contributed by atoms with Crippen molar-refractivity contribution in [3.63, 3.8) is 0 Å². The fraction of sp³-hybridized carbons (Fsp3) is 0.625.